The summed E-state index contributed by atoms with van der Waals surface area (Å²) in [5, 5.41) is 5.65. The summed E-state index contributed by atoms with van der Waals surface area (Å²) in [6.45, 7) is 0. The molecule has 0 unspecified atom stereocenters. The second-order valence-electron chi connectivity index (χ2n) is 15.2. The maximum Gasteiger partial charge on any atom is 0.164 e. The fourth-order valence-corrected chi connectivity index (χ4v) is 10.1. The minimum atomic E-state index is 0.599. The Balaban J connectivity index is 1.06. The number of nitrogens with zero attached hydrogens (tertiary/aromatic N) is 5. The SMILES string of the molecule is c1ccc(-c2ccc(-c3nc(-c4ccc5oc6ccccc6c5c4)nc(-c4ccc5c(c4)c4c6cccc7c6n(c4n5-c4ccccc4)-c4ccccc4S7)n3)cc2)cc1. The predicted molar refractivity (Wildman–Crippen MR) is 244 cm³/mol. The standard InChI is InChI=1S/C53H31N5OS/c1-3-12-32(13-4-1)33-22-24-34(25-23-33)50-54-51(56-52(55-50)36-27-29-45-40(30-36)38-16-7-9-19-44(38)59-45)35-26-28-42-41(31-35)48-39-17-11-21-47-49(39)58(43-18-8-10-20-46(43)60-47)53(48)57(42)37-14-5-2-6-15-37/h1-31H. The third-order valence-electron chi connectivity index (χ3n) is 11.8. The van der Waals surface area contributed by atoms with Gasteiger partial charge in [-0.3, -0.25) is 9.13 Å². The number of para-hydroxylation sites is 4. The highest BCUT2D eigenvalue weighted by Crippen LogP contribution is 2.49. The third-order valence-corrected chi connectivity index (χ3v) is 12.9. The van der Waals surface area contributed by atoms with Crippen molar-refractivity contribution >= 4 is 66.5 Å². The largest absolute Gasteiger partial charge is 0.456 e. The van der Waals surface area contributed by atoms with Crippen molar-refractivity contribution in [1.82, 2.24) is 24.1 Å². The molecule has 1 aliphatic heterocycles. The average molecular weight is 786 g/mol. The lowest BCUT2D eigenvalue weighted by Crippen LogP contribution is -2.05. The van der Waals surface area contributed by atoms with Crippen LogP contribution in [0, 0.1) is 0 Å². The van der Waals surface area contributed by atoms with Gasteiger partial charge in [-0.25, -0.2) is 15.0 Å². The Morgan fingerprint density at radius 1 is 0.400 bits per heavy atom. The molecule has 0 atom stereocenters. The zero-order valence-corrected chi connectivity index (χ0v) is 32.8. The minimum Gasteiger partial charge on any atom is -0.456 e. The molecule has 0 bridgehead atoms. The van der Waals surface area contributed by atoms with Crippen LogP contribution in [-0.4, -0.2) is 24.1 Å². The molecule has 6 nitrogen and oxygen atoms in total. The van der Waals surface area contributed by atoms with Gasteiger partial charge in [-0.05, 0) is 83.9 Å². The summed E-state index contributed by atoms with van der Waals surface area (Å²) in [6.07, 6.45) is 0. The van der Waals surface area contributed by atoms with Crippen molar-refractivity contribution in [3.8, 4) is 56.7 Å². The van der Waals surface area contributed by atoms with Crippen molar-refractivity contribution < 1.29 is 4.42 Å². The summed E-state index contributed by atoms with van der Waals surface area (Å²) in [4.78, 5) is 18.1. The minimum absolute atomic E-state index is 0.599. The highest BCUT2D eigenvalue weighted by molar-refractivity contribution is 7.99. The first kappa shape index (κ1) is 33.3. The molecule has 13 rings (SSSR count). The van der Waals surface area contributed by atoms with Crippen LogP contribution in [0.15, 0.2) is 202 Å². The van der Waals surface area contributed by atoms with E-state index in [-0.39, 0.29) is 0 Å². The molecule has 0 saturated heterocycles. The highest BCUT2D eigenvalue weighted by Gasteiger charge is 2.28. The lowest BCUT2D eigenvalue weighted by atomic mass is 10.0. The van der Waals surface area contributed by atoms with Crippen LogP contribution in [0.3, 0.4) is 0 Å². The Hall–Kier alpha value is -7.74. The van der Waals surface area contributed by atoms with Crippen molar-refractivity contribution in [2.24, 2.45) is 0 Å². The Morgan fingerprint density at radius 3 is 1.80 bits per heavy atom. The van der Waals surface area contributed by atoms with Crippen molar-refractivity contribution in [2.45, 2.75) is 9.79 Å². The fraction of sp³-hybridized carbons (Fsp3) is 0. The van der Waals surface area contributed by atoms with Gasteiger partial charge in [0.1, 0.15) is 16.8 Å². The van der Waals surface area contributed by atoms with Crippen molar-refractivity contribution in [3.63, 3.8) is 0 Å². The zero-order valence-electron chi connectivity index (χ0n) is 32.0. The zero-order chi connectivity index (χ0) is 39.3. The van der Waals surface area contributed by atoms with Gasteiger partial charge in [-0.2, -0.15) is 0 Å². The van der Waals surface area contributed by atoms with Gasteiger partial charge in [-0.15, -0.1) is 0 Å². The van der Waals surface area contributed by atoms with Gasteiger partial charge < -0.3 is 4.42 Å². The molecule has 0 saturated carbocycles. The van der Waals surface area contributed by atoms with E-state index in [1.807, 2.05) is 48.2 Å². The molecule has 5 heterocycles. The number of benzene rings is 8. The van der Waals surface area contributed by atoms with Crippen LogP contribution in [0.25, 0.3) is 111 Å². The summed E-state index contributed by atoms with van der Waals surface area (Å²) in [5.41, 5.74) is 12.5. The third kappa shape index (κ3) is 4.99. The molecule has 0 spiro atoms. The van der Waals surface area contributed by atoms with Crippen LogP contribution in [0.1, 0.15) is 0 Å². The predicted octanol–water partition coefficient (Wildman–Crippen LogP) is 13.9. The number of hydrogen-bond donors (Lipinski definition) is 0. The second-order valence-corrected chi connectivity index (χ2v) is 16.3. The van der Waals surface area contributed by atoms with Gasteiger partial charge in [0, 0.05) is 59.1 Å². The molecular formula is C53H31N5OS. The van der Waals surface area contributed by atoms with Crippen LogP contribution in [0.4, 0.5) is 0 Å². The molecule has 1 aliphatic rings. The molecule has 0 radical (unpaired) electrons. The van der Waals surface area contributed by atoms with E-state index in [1.54, 1.807) is 0 Å². The van der Waals surface area contributed by atoms with Crippen LogP contribution in [-0.2, 0) is 0 Å². The Kier molecular flexibility index (Phi) is 7.14. The molecule has 0 N–H and O–H groups in total. The van der Waals surface area contributed by atoms with Crippen molar-refractivity contribution in [2.75, 3.05) is 0 Å². The van der Waals surface area contributed by atoms with E-state index in [4.69, 9.17) is 19.4 Å². The molecule has 280 valence electrons. The Bertz CT molecular complexity index is 3680. The van der Waals surface area contributed by atoms with Gasteiger partial charge >= 0.3 is 0 Å². The van der Waals surface area contributed by atoms with Gasteiger partial charge in [0.2, 0.25) is 0 Å². The number of rotatable bonds is 5. The lowest BCUT2D eigenvalue weighted by Gasteiger charge is -2.21. The summed E-state index contributed by atoms with van der Waals surface area (Å²) in [5.74, 6) is 1.82. The molecule has 12 aromatic rings. The molecule has 0 fully saturated rings. The van der Waals surface area contributed by atoms with E-state index in [2.05, 4.69) is 161 Å². The number of furan rings is 1. The normalized spacial score (nSPS) is 12.3. The maximum absolute atomic E-state index is 6.20. The van der Waals surface area contributed by atoms with E-state index in [9.17, 15) is 0 Å². The topological polar surface area (TPSA) is 61.7 Å². The summed E-state index contributed by atoms with van der Waals surface area (Å²) >= 11 is 1.84. The second kappa shape index (κ2) is 12.9. The van der Waals surface area contributed by atoms with Crippen LogP contribution >= 0.6 is 11.8 Å². The van der Waals surface area contributed by atoms with Gasteiger partial charge in [0.15, 0.2) is 17.5 Å². The smallest absolute Gasteiger partial charge is 0.164 e. The van der Waals surface area contributed by atoms with Gasteiger partial charge in [0.05, 0.1) is 16.7 Å². The molecule has 4 aromatic heterocycles. The Labute approximate surface area is 348 Å². The quantitative estimate of drug-likeness (QED) is 0.174. The molecule has 0 amide bonds. The summed E-state index contributed by atoms with van der Waals surface area (Å²) in [7, 11) is 0. The lowest BCUT2D eigenvalue weighted by molar-refractivity contribution is 0.669. The Morgan fingerprint density at radius 2 is 0.983 bits per heavy atom. The summed E-state index contributed by atoms with van der Waals surface area (Å²) in [6, 6.07) is 66.0. The molecule has 60 heavy (non-hydrogen) atoms. The van der Waals surface area contributed by atoms with Gasteiger partial charge in [-0.1, -0.05) is 127 Å². The fourth-order valence-electron chi connectivity index (χ4n) is 9.03. The monoisotopic (exact) mass is 785 g/mol. The molecule has 0 aliphatic carbocycles. The van der Waals surface area contributed by atoms with Crippen LogP contribution in [0.2, 0.25) is 0 Å². The summed E-state index contributed by atoms with van der Waals surface area (Å²) < 4.78 is 11.1. The first-order valence-electron chi connectivity index (χ1n) is 20.0. The first-order valence-corrected chi connectivity index (χ1v) is 20.8. The number of fused-ring (bicyclic) bond motifs is 10. The number of hydrogen-bond acceptors (Lipinski definition) is 5. The number of aromatic nitrogens is 5. The van der Waals surface area contributed by atoms with Gasteiger partial charge in [0.25, 0.3) is 0 Å². The van der Waals surface area contributed by atoms with E-state index >= 15 is 0 Å². The molecule has 8 aromatic carbocycles. The molecule has 7 heteroatoms. The van der Waals surface area contributed by atoms with E-state index in [0.29, 0.717) is 17.5 Å². The van der Waals surface area contributed by atoms with E-state index < -0.39 is 0 Å². The van der Waals surface area contributed by atoms with Crippen LogP contribution in [0.5, 0.6) is 0 Å². The van der Waals surface area contributed by atoms with E-state index in [1.165, 1.54) is 31.8 Å². The maximum atomic E-state index is 6.20. The highest BCUT2D eigenvalue weighted by atomic mass is 32.2. The van der Waals surface area contributed by atoms with Crippen molar-refractivity contribution in [3.05, 3.63) is 188 Å². The first-order chi connectivity index (χ1) is 29.7. The average Bonchev–Trinajstić information content (AvgIpc) is 3.98. The van der Waals surface area contributed by atoms with Crippen molar-refractivity contribution in [1.29, 1.82) is 0 Å². The van der Waals surface area contributed by atoms with E-state index in [0.717, 1.165) is 72.0 Å². The van der Waals surface area contributed by atoms with Crippen LogP contribution < -0.4 is 0 Å². The molecular weight excluding hydrogens is 755 g/mol.